The number of rotatable bonds is 5. The Bertz CT molecular complexity index is 916. The third-order valence-electron chi connectivity index (χ3n) is 5.22. The van der Waals surface area contributed by atoms with Crippen LogP contribution in [0.1, 0.15) is 12.5 Å². The lowest BCUT2D eigenvalue weighted by atomic mass is 9.97. The number of carbonyl (C=O) groups excluding carboxylic acids is 1. The number of nitrogens with one attached hydrogen (secondary N) is 2. The van der Waals surface area contributed by atoms with Gasteiger partial charge in [0, 0.05) is 13.1 Å². The maximum atomic E-state index is 12.6. The van der Waals surface area contributed by atoms with Crippen LogP contribution in [0.3, 0.4) is 0 Å². The lowest BCUT2D eigenvalue weighted by Crippen LogP contribution is -2.59. The fraction of sp³-hybridized carbons (Fsp3) is 0.429. The first-order valence-corrected chi connectivity index (χ1v) is 10.7. The van der Waals surface area contributed by atoms with Crippen LogP contribution >= 0.6 is 11.8 Å². The Morgan fingerprint density at radius 1 is 1.17 bits per heavy atom. The van der Waals surface area contributed by atoms with Crippen LogP contribution in [0.25, 0.3) is 10.8 Å². The van der Waals surface area contributed by atoms with Gasteiger partial charge in [-0.2, -0.15) is 0 Å². The van der Waals surface area contributed by atoms with Gasteiger partial charge in [0.05, 0.1) is 0 Å². The molecule has 2 aromatic carbocycles. The molecule has 2 aromatic rings. The predicted octanol–water partition coefficient (Wildman–Crippen LogP) is 1.03. The van der Waals surface area contributed by atoms with E-state index < -0.39 is 35.7 Å². The number of thioether (sulfide) groups is 1. The first kappa shape index (κ1) is 20.2. The van der Waals surface area contributed by atoms with Crippen LogP contribution in [-0.2, 0) is 16.0 Å². The lowest BCUT2D eigenvalue weighted by molar-refractivity contribution is -0.171. The zero-order chi connectivity index (χ0) is 20.4. The number of nitrogens with zero attached hydrogens (tertiary/aromatic N) is 1. The maximum absolute atomic E-state index is 12.6. The first-order valence-electron chi connectivity index (χ1n) is 9.82. The van der Waals surface area contributed by atoms with E-state index in [1.165, 1.54) is 11.8 Å². The average Bonchev–Trinajstić information content (AvgIpc) is 3.14. The summed E-state index contributed by atoms with van der Waals surface area (Å²) < 4.78 is 5.79. The van der Waals surface area contributed by atoms with Gasteiger partial charge in [0.25, 0.3) is 5.91 Å². The molecule has 2 aliphatic rings. The van der Waals surface area contributed by atoms with Crippen molar-refractivity contribution in [3.05, 3.63) is 48.0 Å². The summed E-state index contributed by atoms with van der Waals surface area (Å²) in [6, 6.07) is 13.7. The molecule has 0 aliphatic carbocycles. The van der Waals surface area contributed by atoms with Crippen molar-refractivity contribution in [1.29, 1.82) is 0 Å². The average molecular weight is 416 g/mol. The Morgan fingerprint density at radius 2 is 1.97 bits per heavy atom. The predicted molar refractivity (Wildman–Crippen MR) is 114 cm³/mol. The molecular weight excluding hydrogens is 390 g/mol. The Labute approximate surface area is 173 Å². The van der Waals surface area contributed by atoms with E-state index in [0.717, 1.165) is 16.3 Å². The zero-order valence-corrected chi connectivity index (χ0v) is 16.9. The van der Waals surface area contributed by atoms with Crippen LogP contribution < -0.4 is 10.6 Å². The number of benzene rings is 2. The minimum atomic E-state index is -1.32. The largest absolute Gasteiger partial charge is 0.388 e. The summed E-state index contributed by atoms with van der Waals surface area (Å²) in [4.78, 5) is 17.0. The van der Waals surface area contributed by atoms with Crippen LogP contribution in [0.5, 0.6) is 0 Å². The SMILES string of the molecule is CCNC1=N[C@@H]2[C@@H](O)[C@H](O)[C@@H](C(=O)NCCc3cccc4ccccc34)O[C@@H]2S1. The van der Waals surface area contributed by atoms with Crippen molar-refractivity contribution in [1.82, 2.24) is 10.6 Å². The summed E-state index contributed by atoms with van der Waals surface area (Å²) in [7, 11) is 0. The van der Waals surface area contributed by atoms with Gasteiger partial charge in [0.2, 0.25) is 0 Å². The second-order valence-corrected chi connectivity index (χ2v) is 8.25. The highest BCUT2D eigenvalue weighted by atomic mass is 32.2. The summed E-state index contributed by atoms with van der Waals surface area (Å²) in [5.74, 6) is -0.423. The van der Waals surface area contributed by atoms with E-state index in [1.54, 1.807) is 0 Å². The summed E-state index contributed by atoms with van der Waals surface area (Å²) >= 11 is 1.33. The van der Waals surface area contributed by atoms with Crippen LogP contribution in [-0.4, -0.2) is 64.2 Å². The minimum Gasteiger partial charge on any atom is -0.388 e. The highest BCUT2D eigenvalue weighted by molar-refractivity contribution is 8.14. The summed E-state index contributed by atoms with van der Waals surface area (Å²) in [6.07, 6.45) is -2.93. The van der Waals surface area contributed by atoms with Crippen molar-refractivity contribution < 1.29 is 19.7 Å². The monoisotopic (exact) mass is 415 g/mol. The van der Waals surface area contributed by atoms with E-state index >= 15 is 0 Å². The molecule has 1 amide bonds. The van der Waals surface area contributed by atoms with E-state index in [4.69, 9.17) is 4.74 Å². The van der Waals surface area contributed by atoms with E-state index in [9.17, 15) is 15.0 Å². The normalized spacial score (nSPS) is 28.7. The molecule has 29 heavy (non-hydrogen) atoms. The lowest BCUT2D eigenvalue weighted by Gasteiger charge is -2.37. The van der Waals surface area contributed by atoms with Crippen molar-refractivity contribution in [3.8, 4) is 0 Å². The highest BCUT2D eigenvalue weighted by Gasteiger charge is 2.50. The Hall–Kier alpha value is -2.13. The molecule has 0 unspecified atom stereocenters. The van der Waals surface area contributed by atoms with Crippen molar-refractivity contribution in [2.45, 2.75) is 43.1 Å². The Kier molecular flexibility index (Phi) is 6.05. The van der Waals surface area contributed by atoms with E-state index in [-0.39, 0.29) is 0 Å². The van der Waals surface area contributed by atoms with Crippen molar-refractivity contribution in [2.75, 3.05) is 13.1 Å². The van der Waals surface area contributed by atoms with Gasteiger partial charge < -0.3 is 25.6 Å². The standard InChI is InChI=1S/C21H25N3O4S/c1-2-22-21-24-15-16(25)17(26)18(28-20(15)29-21)19(27)23-11-10-13-8-5-7-12-6-3-4-9-14(12)13/h3-9,15-18,20,25-26H,2,10-11H2,1H3,(H,22,24)(H,23,27)/t15-,16-,17+,18+,20-/m1/s1. The summed E-state index contributed by atoms with van der Waals surface area (Å²) in [5.41, 5.74) is 0.653. The minimum absolute atomic E-state index is 0.413. The maximum Gasteiger partial charge on any atom is 0.252 e. The number of hydrogen-bond acceptors (Lipinski definition) is 7. The quantitative estimate of drug-likeness (QED) is 0.582. The second kappa shape index (κ2) is 8.71. The molecule has 154 valence electrons. The molecule has 0 radical (unpaired) electrons. The van der Waals surface area contributed by atoms with Gasteiger partial charge in [0.15, 0.2) is 11.3 Å². The van der Waals surface area contributed by atoms with Gasteiger partial charge in [-0.25, -0.2) is 0 Å². The number of aliphatic hydroxyl groups excluding tert-OH is 2. The molecule has 0 spiro atoms. The number of fused-ring (bicyclic) bond motifs is 2. The van der Waals surface area contributed by atoms with Gasteiger partial charge in [0.1, 0.15) is 23.7 Å². The van der Waals surface area contributed by atoms with Crippen molar-refractivity contribution in [3.63, 3.8) is 0 Å². The summed E-state index contributed by atoms with van der Waals surface area (Å²) in [5, 5.41) is 29.7. The molecule has 5 atom stereocenters. The molecule has 2 heterocycles. The van der Waals surface area contributed by atoms with Gasteiger partial charge >= 0.3 is 0 Å². The topological polar surface area (TPSA) is 103 Å². The molecule has 0 bridgehead atoms. The van der Waals surface area contributed by atoms with Gasteiger partial charge in [-0.1, -0.05) is 54.2 Å². The van der Waals surface area contributed by atoms with Crippen LogP contribution in [0, 0.1) is 0 Å². The van der Waals surface area contributed by atoms with E-state index in [2.05, 4.69) is 33.8 Å². The smallest absolute Gasteiger partial charge is 0.252 e. The number of carbonyl (C=O) groups is 1. The van der Waals surface area contributed by atoms with Crippen molar-refractivity contribution in [2.24, 2.45) is 4.99 Å². The molecule has 0 saturated carbocycles. The number of aliphatic hydroxyl groups is 2. The molecular formula is C21H25N3O4S. The first-order chi connectivity index (χ1) is 14.1. The second-order valence-electron chi connectivity index (χ2n) is 7.16. The molecule has 7 nitrogen and oxygen atoms in total. The van der Waals surface area contributed by atoms with Gasteiger partial charge in [-0.05, 0) is 29.7 Å². The summed E-state index contributed by atoms with van der Waals surface area (Å²) in [6.45, 7) is 3.06. The Morgan fingerprint density at radius 3 is 2.79 bits per heavy atom. The number of amidine groups is 1. The van der Waals surface area contributed by atoms with E-state index in [0.29, 0.717) is 24.7 Å². The molecule has 4 rings (SSSR count). The third kappa shape index (κ3) is 4.11. The molecule has 8 heteroatoms. The number of amides is 1. The molecule has 1 fully saturated rings. The fourth-order valence-corrected chi connectivity index (χ4v) is 4.91. The molecule has 4 N–H and O–H groups in total. The van der Waals surface area contributed by atoms with E-state index in [1.807, 2.05) is 31.2 Å². The fourth-order valence-electron chi connectivity index (χ4n) is 3.75. The van der Waals surface area contributed by atoms with Crippen molar-refractivity contribution >= 4 is 33.6 Å². The number of aliphatic imine (C=N–C) groups is 1. The van der Waals surface area contributed by atoms with Gasteiger partial charge in [-0.3, -0.25) is 9.79 Å². The zero-order valence-electron chi connectivity index (χ0n) is 16.1. The molecule has 2 aliphatic heterocycles. The molecule has 0 aromatic heterocycles. The highest BCUT2D eigenvalue weighted by Crippen LogP contribution is 2.35. The number of hydrogen-bond donors (Lipinski definition) is 4. The van der Waals surface area contributed by atoms with Gasteiger partial charge in [-0.15, -0.1) is 0 Å². The molecule has 1 saturated heterocycles. The third-order valence-corrected chi connectivity index (χ3v) is 6.32. The van der Waals surface area contributed by atoms with Crippen LogP contribution in [0.15, 0.2) is 47.5 Å². The number of ether oxygens (including phenoxy) is 1. The van der Waals surface area contributed by atoms with Crippen LogP contribution in [0.4, 0.5) is 0 Å². The van der Waals surface area contributed by atoms with Crippen LogP contribution in [0.2, 0.25) is 0 Å². The Balaban J connectivity index is 1.36.